The summed E-state index contributed by atoms with van der Waals surface area (Å²) >= 11 is 5.96. The maximum absolute atomic E-state index is 12.8. The smallest absolute Gasteiger partial charge is 0.245 e. The molecule has 2 aromatic rings. The van der Waals surface area contributed by atoms with Crippen LogP contribution in [-0.2, 0) is 15.6 Å². The van der Waals surface area contributed by atoms with Crippen LogP contribution in [0.25, 0.3) is 0 Å². The van der Waals surface area contributed by atoms with Gasteiger partial charge in [-0.2, -0.15) is 0 Å². The summed E-state index contributed by atoms with van der Waals surface area (Å²) in [5.41, 5.74) is 0.325. The molecular weight excluding hydrogens is 350 g/mol. The van der Waals surface area contributed by atoms with Crippen LogP contribution in [0.1, 0.15) is 18.4 Å². The van der Waals surface area contributed by atoms with Gasteiger partial charge in [0.2, 0.25) is 10.0 Å². The quantitative estimate of drug-likeness (QED) is 0.850. The first-order chi connectivity index (χ1) is 11.4. The number of hydrogen-bond donors (Lipinski definition) is 1. The summed E-state index contributed by atoms with van der Waals surface area (Å²) in [6, 6.07) is 11.9. The van der Waals surface area contributed by atoms with Gasteiger partial charge < -0.3 is 9.47 Å². The Hall–Kier alpha value is -1.76. The normalized spacial score (nSPS) is 15.8. The number of rotatable bonds is 6. The maximum atomic E-state index is 12.8. The van der Waals surface area contributed by atoms with E-state index in [4.69, 9.17) is 21.1 Å². The fraction of sp³-hybridized carbons (Fsp3) is 0.294. The number of ether oxygens (including phenoxy) is 2. The van der Waals surface area contributed by atoms with E-state index >= 15 is 0 Å². The lowest BCUT2D eigenvalue weighted by Crippen LogP contribution is -2.35. The van der Waals surface area contributed by atoms with Gasteiger partial charge in [0.05, 0.1) is 19.8 Å². The van der Waals surface area contributed by atoms with Gasteiger partial charge in [-0.15, -0.1) is 0 Å². The molecule has 0 aromatic heterocycles. The maximum Gasteiger partial charge on any atom is 0.245 e. The van der Waals surface area contributed by atoms with Gasteiger partial charge in [0.25, 0.3) is 0 Å². The summed E-state index contributed by atoms with van der Waals surface area (Å²) in [6.07, 6.45) is 1.48. The molecule has 3 rings (SSSR count). The molecule has 1 N–H and O–H groups in total. The second-order valence-electron chi connectivity index (χ2n) is 5.71. The number of halogens is 1. The summed E-state index contributed by atoms with van der Waals surface area (Å²) in [6.45, 7) is 0. The third kappa shape index (κ3) is 3.22. The SMILES string of the molecule is COc1ccc(C2(NS(=O)(=O)c3cc(Cl)ccc3OC)CC2)cc1. The molecule has 0 aliphatic heterocycles. The lowest BCUT2D eigenvalue weighted by molar-refractivity contribution is 0.402. The highest BCUT2D eigenvalue weighted by molar-refractivity contribution is 7.89. The first-order valence-corrected chi connectivity index (χ1v) is 9.28. The molecule has 1 aliphatic carbocycles. The first kappa shape index (κ1) is 17.1. The Morgan fingerprint density at radius 1 is 1.04 bits per heavy atom. The van der Waals surface area contributed by atoms with Crippen LogP contribution < -0.4 is 14.2 Å². The second kappa shape index (κ2) is 6.27. The van der Waals surface area contributed by atoms with Crippen molar-refractivity contribution < 1.29 is 17.9 Å². The van der Waals surface area contributed by atoms with Crippen LogP contribution in [-0.4, -0.2) is 22.6 Å². The summed E-state index contributed by atoms with van der Waals surface area (Å²) in [7, 11) is -0.753. The summed E-state index contributed by atoms with van der Waals surface area (Å²) < 4.78 is 38.8. The number of benzene rings is 2. The molecule has 128 valence electrons. The summed E-state index contributed by atoms with van der Waals surface area (Å²) in [4.78, 5) is 0.0392. The predicted octanol–water partition coefficient (Wildman–Crippen LogP) is 3.32. The second-order valence-corrected chi connectivity index (χ2v) is 7.80. The highest BCUT2D eigenvalue weighted by atomic mass is 35.5. The molecule has 2 aromatic carbocycles. The van der Waals surface area contributed by atoms with Crippen molar-refractivity contribution in [2.45, 2.75) is 23.3 Å². The Balaban J connectivity index is 1.93. The van der Waals surface area contributed by atoms with Crippen LogP contribution in [0.3, 0.4) is 0 Å². The van der Waals surface area contributed by atoms with E-state index in [9.17, 15) is 8.42 Å². The van der Waals surface area contributed by atoms with Crippen LogP contribution in [0.5, 0.6) is 11.5 Å². The number of methoxy groups -OCH3 is 2. The van der Waals surface area contributed by atoms with E-state index in [0.717, 1.165) is 24.2 Å². The van der Waals surface area contributed by atoms with Crippen LogP contribution in [0.15, 0.2) is 47.4 Å². The molecule has 0 saturated heterocycles. The number of sulfonamides is 1. The molecule has 0 radical (unpaired) electrons. The van der Waals surface area contributed by atoms with Crippen LogP contribution in [0.2, 0.25) is 5.02 Å². The Morgan fingerprint density at radius 2 is 1.71 bits per heavy atom. The molecule has 1 saturated carbocycles. The van der Waals surface area contributed by atoms with Crippen LogP contribution >= 0.6 is 11.6 Å². The third-order valence-corrected chi connectivity index (χ3v) is 5.93. The molecule has 0 unspecified atom stereocenters. The molecule has 0 amide bonds. The van der Waals surface area contributed by atoms with Crippen molar-refractivity contribution in [2.75, 3.05) is 14.2 Å². The van der Waals surface area contributed by atoms with Crippen LogP contribution in [0, 0.1) is 0 Å². The lowest BCUT2D eigenvalue weighted by atomic mass is 10.1. The standard InChI is InChI=1S/C17H18ClNO4S/c1-22-14-6-3-12(4-7-14)17(9-10-17)19-24(20,21)16-11-13(18)5-8-15(16)23-2/h3-8,11,19H,9-10H2,1-2H3. The first-order valence-electron chi connectivity index (χ1n) is 7.42. The predicted molar refractivity (Wildman–Crippen MR) is 92.2 cm³/mol. The molecule has 5 nitrogen and oxygen atoms in total. The zero-order valence-corrected chi connectivity index (χ0v) is 14.9. The van der Waals surface area contributed by atoms with E-state index < -0.39 is 15.6 Å². The van der Waals surface area contributed by atoms with E-state index in [1.165, 1.54) is 13.2 Å². The van der Waals surface area contributed by atoms with E-state index in [2.05, 4.69) is 4.72 Å². The van der Waals surface area contributed by atoms with Gasteiger partial charge in [-0.1, -0.05) is 23.7 Å². The number of hydrogen-bond acceptors (Lipinski definition) is 4. The van der Waals surface area contributed by atoms with E-state index in [1.54, 1.807) is 19.2 Å². The minimum absolute atomic E-state index is 0.0392. The monoisotopic (exact) mass is 367 g/mol. The lowest BCUT2D eigenvalue weighted by Gasteiger charge is -2.19. The van der Waals surface area contributed by atoms with Crippen molar-refractivity contribution in [3.8, 4) is 11.5 Å². The molecule has 1 fully saturated rings. The molecule has 0 heterocycles. The molecule has 0 spiro atoms. The Morgan fingerprint density at radius 3 is 2.25 bits per heavy atom. The summed E-state index contributed by atoms with van der Waals surface area (Å²) in [5.74, 6) is 0.992. The summed E-state index contributed by atoms with van der Waals surface area (Å²) in [5, 5.41) is 0.338. The van der Waals surface area contributed by atoms with Gasteiger partial charge in [-0.3, -0.25) is 0 Å². The molecule has 0 bridgehead atoms. The zero-order chi connectivity index (χ0) is 17.4. The van der Waals surface area contributed by atoms with E-state index in [0.29, 0.717) is 5.02 Å². The molecule has 7 heteroatoms. The Kier molecular flexibility index (Phi) is 4.46. The van der Waals surface area contributed by atoms with Crippen molar-refractivity contribution in [2.24, 2.45) is 0 Å². The molecule has 24 heavy (non-hydrogen) atoms. The highest BCUT2D eigenvalue weighted by Crippen LogP contribution is 2.47. The van der Waals surface area contributed by atoms with Gasteiger partial charge in [-0.05, 0) is 48.7 Å². The average Bonchev–Trinajstić information content (AvgIpc) is 3.35. The minimum atomic E-state index is -3.78. The fourth-order valence-electron chi connectivity index (χ4n) is 2.66. The van der Waals surface area contributed by atoms with E-state index in [1.807, 2.05) is 24.3 Å². The topological polar surface area (TPSA) is 64.6 Å². The van der Waals surface area contributed by atoms with Crippen molar-refractivity contribution >= 4 is 21.6 Å². The van der Waals surface area contributed by atoms with Crippen LogP contribution in [0.4, 0.5) is 0 Å². The minimum Gasteiger partial charge on any atom is -0.497 e. The van der Waals surface area contributed by atoms with Crippen molar-refractivity contribution in [1.29, 1.82) is 0 Å². The number of nitrogens with one attached hydrogen (secondary N) is 1. The Bertz CT molecular complexity index is 845. The fourth-order valence-corrected chi connectivity index (χ4v) is 4.54. The van der Waals surface area contributed by atoms with Crippen molar-refractivity contribution in [1.82, 2.24) is 4.72 Å². The third-order valence-electron chi connectivity index (χ3n) is 4.14. The van der Waals surface area contributed by atoms with Crippen molar-refractivity contribution in [3.05, 3.63) is 53.1 Å². The highest BCUT2D eigenvalue weighted by Gasteiger charge is 2.48. The van der Waals surface area contributed by atoms with Gasteiger partial charge in [-0.25, -0.2) is 13.1 Å². The van der Waals surface area contributed by atoms with Gasteiger partial charge >= 0.3 is 0 Å². The van der Waals surface area contributed by atoms with Crippen molar-refractivity contribution in [3.63, 3.8) is 0 Å². The van der Waals surface area contributed by atoms with Gasteiger partial charge in [0.15, 0.2) is 0 Å². The largest absolute Gasteiger partial charge is 0.497 e. The molecule has 1 aliphatic rings. The van der Waals surface area contributed by atoms with E-state index in [-0.39, 0.29) is 10.6 Å². The Labute approximate surface area is 146 Å². The van der Waals surface area contributed by atoms with Gasteiger partial charge in [0.1, 0.15) is 16.4 Å². The molecular formula is C17H18ClNO4S. The molecule has 0 atom stereocenters. The average molecular weight is 368 g/mol. The zero-order valence-electron chi connectivity index (χ0n) is 13.4. The van der Waals surface area contributed by atoms with Gasteiger partial charge in [0, 0.05) is 5.02 Å².